The van der Waals surface area contributed by atoms with Gasteiger partial charge in [0.05, 0.1) is 0 Å². The molecule has 0 fully saturated rings. The maximum absolute atomic E-state index is 2.44. The lowest BCUT2D eigenvalue weighted by Gasteiger charge is -2.18. The van der Waals surface area contributed by atoms with E-state index in [9.17, 15) is 0 Å². The van der Waals surface area contributed by atoms with Crippen molar-refractivity contribution >= 4 is 6.08 Å². The van der Waals surface area contributed by atoms with Gasteiger partial charge in [0.15, 0.2) is 0 Å². The molecule has 0 saturated heterocycles. The van der Waals surface area contributed by atoms with Crippen molar-refractivity contribution in [3.8, 4) is 0 Å². The number of benzene rings is 1. The monoisotopic (exact) mass is 278 g/mol. The third-order valence-electron chi connectivity index (χ3n) is 4.87. The number of hydrogen-bond acceptors (Lipinski definition) is 0. The third-order valence-corrected chi connectivity index (χ3v) is 4.87. The summed E-state index contributed by atoms with van der Waals surface area (Å²) in [5.74, 6) is 0.626. The molecule has 0 aromatic heterocycles. The van der Waals surface area contributed by atoms with E-state index in [0.29, 0.717) is 5.92 Å². The van der Waals surface area contributed by atoms with Crippen LogP contribution in [0.15, 0.2) is 53.1 Å². The van der Waals surface area contributed by atoms with E-state index < -0.39 is 0 Å². The molecule has 1 atom stereocenters. The predicted octanol–water partition coefficient (Wildman–Crippen LogP) is 6.27. The molecule has 0 aliphatic heterocycles. The normalized spacial score (nSPS) is 21.0. The van der Waals surface area contributed by atoms with E-state index in [2.05, 4.69) is 70.2 Å². The highest BCUT2D eigenvalue weighted by Crippen LogP contribution is 2.41. The van der Waals surface area contributed by atoms with Crippen LogP contribution in [0.3, 0.4) is 0 Å². The molecule has 0 heterocycles. The zero-order chi connectivity index (χ0) is 15.0. The van der Waals surface area contributed by atoms with E-state index in [-0.39, 0.29) is 5.41 Å². The lowest BCUT2D eigenvalue weighted by molar-refractivity contribution is 0.517. The lowest BCUT2D eigenvalue weighted by Crippen LogP contribution is -2.05. The number of hydrogen-bond donors (Lipinski definition) is 0. The fourth-order valence-electron chi connectivity index (χ4n) is 3.54. The summed E-state index contributed by atoms with van der Waals surface area (Å²) in [6.45, 7) is 9.20. The van der Waals surface area contributed by atoms with E-state index in [1.54, 1.807) is 5.57 Å². The van der Waals surface area contributed by atoms with Gasteiger partial charge in [-0.2, -0.15) is 0 Å². The Kier molecular flexibility index (Phi) is 3.65. The predicted molar refractivity (Wildman–Crippen MR) is 92.3 cm³/mol. The average Bonchev–Trinajstić information content (AvgIpc) is 3.00. The van der Waals surface area contributed by atoms with E-state index in [4.69, 9.17) is 0 Å². The Balaban J connectivity index is 1.67. The van der Waals surface area contributed by atoms with E-state index in [0.717, 1.165) is 6.42 Å². The first-order valence-corrected chi connectivity index (χ1v) is 8.12. The molecule has 3 rings (SSSR count). The zero-order valence-electron chi connectivity index (χ0n) is 13.7. The summed E-state index contributed by atoms with van der Waals surface area (Å²) in [4.78, 5) is 0. The second-order valence-electron chi connectivity index (χ2n) is 7.52. The maximum Gasteiger partial charge on any atom is 0.00577 e. The summed E-state index contributed by atoms with van der Waals surface area (Å²) in [6, 6.07) is 8.86. The summed E-state index contributed by atoms with van der Waals surface area (Å²) in [5, 5.41) is 0. The second kappa shape index (κ2) is 5.33. The first-order chi connectivity index (χ1) is 9.95. The first kappa shape index (κ1) is 14.4. The van der Waals surface area contributed by atoms with Crippen molar-refractivity contribution in [3.63, 3.8) is 0 Å². The lowest BCUT2D eigenvalue weighted by atomic mass is 9.87. The van der Waals surface area contributed by atoms with Crippen molar-refractivity contribution in [2.75, 3.05) is 0 Å². The molecule has 1 aromatic rings. The Morgan fingerprint density at radius 3 is 2.57 bits per heavy atom. The van der Waals surface area contributed by atoms with Crippen LogP contribution in [0.5, 0.6) is 0 Å². The van der Waals surface area contributed by atoms with Crippen LogP contribution in [0.1, 0.15) is 64.0 Å². The molecule has 1 aromatic carbocycles. The van der Waals surface area contributed by atoms with Crippen LogP contribution in [0.2, 0.25) is 0 Å². The minimum Gasteiger partial charge on any atom is -0.0767 e. The summed E-state index contributed by atoms with van der Waals surface area (Å²) in [7, 11) is 0. The summed E-state index contributed by atoms with van der Waals surface area (Å²) in [6.07, 6.45) is 10.9. The number of allylic oxidation sites excluding steroid dienone is 5. The highest BCUT2D eigenvalue weighted by atomic mass is 14.3. The zero-order valence-corrected chi connectivity index (χ0v) is 13.7. The number of rotatable bonds is 3. The Morgan fingerprint density at radius 1 is 1.10 bits per heavy atom. The minimum atomic E-state index is 0.289. The van der Waals surface area contributed by atoms with Crippen LogP contribution >= 0.6 is 0 Å². The third kappa shape index (κ3) is 2.90. The molecule has 2 aliphatic carbocycles. The molecule has 1 unspecified atom stereocenters. The van der Waals surface area contributed by atoms with E-state index in [1.807, 2.05) is 0 Å². The van der Waals surface area contributed by atoms with Crippen molar-refractivity contribution < 1.29 is 0 Å². The second-order valence-corrected chi connectivity index (χ2v) is 7.52. The van der Waals surface area contributed by atoms with Crippen LogP contribution in [0, 0.1) is 5.41 Å². The smallest absolute Gasteiger partial charge is 0.00577 e. The molecule has 0 saturated carbocycles. The highest BCUT2D eigenvalue weighted by Gasteiger charge is 2.23. The summed E-state index contributed by atoms with van der Waals surface area (Å²) >= 11 is 0. The van der Waals surface area contributed by atoms with Gasteiger partial charge in [0, 0.05) is 5.92 Å². The van der Waals surface area contributed by atoms with E-state index >= 15 is 0 Å². The maximum atomic E-state index is 2.44. The fraction of sp³-hybridized carbons (Fsp3) is 0.429. The molecule has 0 N–H and O–H groups in total. The highest BCUT2D eigenvalue weighted by molar-refractivity contribution is 5.65. The van der Waals surface area contributed by atoms with Crippen LogP contribution in [-0.2, 0) is 0 Å². The quantitative estimate of drug-likeness (QED) is 0.611. The average molecular weight is 278 g/mol. The van der Waals surface area contributed by atoms with Gasteiger partial charge in [-0.05, 0) is 48.3 Å². The minimum absolute atomic E-state index is 0.289. The Labute approximate surface area is 129 Å². The van der Waals surface area contributed by atoms with Gasteiger partial charge in [-0.3, -0.25) is 0 Å². The van der Waals surface area contributed by atoms with Gasteiger partial charge in [-0.15, -0.1) is 0 Å². The molecular weight excluding hydrogens is 252 g/mol. The van der Waals surface area contributed by atoms with Gasteiger partial charge in [-0.25, -0.2) is 0 Å². The molecule has 0 amide bonds. The van der Waals surface area contributed by atoms with Crippen molar-refractivity contribution in [3.05, 3.63) is 64.3 Å². The molecule has 21 heavy (non-hydrogen) atoms. The Hall–Kier alpha value is -1.56. The number of fused-ring (bicyclic) bond motifs is 1. The van der Waals surface area contributed by atoms with Gasteiger partial charge in [-0.1, -0.05) is 74.4 Å². The van der Waals surface area contributed by atoms with Gasteiger partial charge in [0.1, 0.15) is 0 Å². The van der Waals surface area contributed by atoms with Gasteiger partial charge < -0.3 is 0 Å². The first-order valence-electron chi connectivity index (χ1n) is 8.12. The van der Waals surface area contributed by atoms with Crippen LogP contribution in [0.25, 0.3) is 6.08 Å². The fourth-order valence-corrected chi connectivity index (χ4v) is 3.54. The molecule has 2 aliphatic rings. The van der Waals surface area contributed by atoms with Crippen molar-refractivity contribution in [1.82, 2.24) is 0 Å². The van der Waals surface area contributed by atoms with Crippen molar-refractivity contribution in [2.24, 2.45) is 5.41 Å². The van der Waals surface area contributed by atoms with Gasteiger partial charge in [0.2, 0.25) is 0 Å². The Morgan fingerprint density at radius 2 is 1.86 bits per heavy atom. The largest absolute Gasteiger partial charge is 0.0767 e. The van der Waals surface area contributed by atoms with Crippen LogP contribution in [-0.4, -0.2) is 0 Å². The summed E-state index contributed by atoms with van der Waals surface area (Å²) < 4.78 is 0. The molecule has 0 bridgehead atoms. The molecule has 0 radical (unpaired) electrons. The molecular formula is C21H26. The molecule has 0 spiro atoms. The van der Waals surface area contributed by atoms with Crippen molar-refractivity contribution in [1.29, 1.82) is 0 Å². The SMILES string of the molecule is CC1=Cc2ccccc2C1CCC1=CC(C(C)(C)C)=CC1. The van der Waals surface area contributed by atoms with Crippen LogP contribution in [0.4, 0.5) is 0 Å². The van der Waals surface area contributed by atoms with Gasteiger partial charge in [0.25, 0.3) is 0 Å². The van der Waals surface area contributed by atoms with Crippen LogP contribution < -0.4 is 0 Å². The van der Waals surface area contributed by atoms with Crippen molar-refractivity contribution in [2.45, 2.75) is 52.9 Å². The van der Waals surface area contributed by atoms with E-state index in [1.165, 1.54) is 35.1 Å². The Bertz CT molecular complexity index is 632. The standard InChI is InChI=1S/C21H26/c1-15-13-17-7-5-6-8-20(17)19(15)12-10-16-9-11-18(14-16)21(2,3)4/h5-8,11,13-14,19H,9-10,12H2,1-4H3. The molecule has 0 heteroatoms. The summed E-state index contributed by atoms with van der Waals surface area (Å²) in [5.41, 5.74) is 7.89. The van der Waals surface area contributed by atoms with Gasteiger partial charge >= 0.3 is 0 Å². The topological polar surface area (TPSA) is 0 Å². The molecule has 0 nitrogen and oxygen atoms in total. The molecule has 110 valence electrons.